The molecule has 0 spiro atoms. The van der Waals surface area contributed by atoms with E-state index in [-0.39, 0.29) is 0 Å². The summed E-state index contributed by atoms with van der Waals surface area (Å²) in [5, 5.41) is 4.00. The average Bonchev–Trinajstić information content (AvgIpc) is 2.76. The maximum Gasteiger partial charge on any atom is 0.145 e. The molecule has 0 amide bonds. The van der Waals surface area contributed by atoms with Gasteiger partial charge >= 0.3 is 0 Å². The Labute approximate surface area is 71.3 Å². The third-order valence-corrected chi connectivity index (χ3v) is 1.94. The van der Waals surface area contributed by atoms with Crippen molar-refractivity contribution in [1.29, 1.82) is 0 Å². The summed E-state index contributed by atoms with van der Waals surface area (Å²) in [6.07, 6.45) is 4.46. The molecule has 0 radical (unpaired) electrons. The SMILES string of the molecule is Nc1ccn(COCC2CC2)n1. The van der Waals surface area contributed by atoms with Crippen LogP contribution in [0, 0.1) is 5.92 Å². The summed E-state index contributed by atoms with van der Waals surface area (Å²) in [5.74, 6) is 1.35. The number of nitrogens with two attached hydrogens (primary N) is 1. The molecule has 12 heavy (non-hydrogen) atoms. The van der Waals surface area contributed by atoms with Crippen molar-refractivity contribution < 1.29 is 4.74 Å². The molecule has 1 heterocycles. The summed E-state index contributed by atoms with van der Waals surface area (Å²) in [7, 11) is 0. The van der Waals surface area contributed by atoms with Gasteiger partial charge in [0.25, 0.3) is 0 Å². The normalized spacial score (nSPS) is 16.7. The van der Waals surface area contributed by atoms with E-state index in [2.05, 4.69) is 5.10 Å². The van der Waals surface area contributed by atoms with E-state index in [0.29, 0.717) is 12.5 Å². The fourth-order valence-electron chi connectivity index (χ4n) is 1.05. The summed E-state index contributed by atoms with van der Waals surface area (Å²) >= 11 is 0. The smallest absolute Gasteiger partial charge is 0.145 e. The zero-order valence-electron chi connectivity index (χ0n) is 6.94. The van der Waals surface area contributed by atoms with Crippen molar-refractivity contribution in [2.75, 3.05) is 12.3 Å². The van der Waals surface area contributed by atoms with Crippen LogP contribution >= 0.6 is 0 Å². The van der Waals surface area contributed by atoms with Crippen LogP contribution in [-0.4, -0.2) is 16.4 Å². The Morgan fingerprint density at radius 1 is 1.67 bits per heavy atom. The van der Waals surface area contributed by atoms with Crippen LogP contribution in [0.3, 0.4) is 0 Å². The highest BCUT2D eigenvalue weighted by molar-refractivity contribution is 5.23. The van der Waals surface area contributed by atoms with Crippen LogP contribution in [0.1, 0.15) is 12.8 Å². The number of hydrogen-bond acceptors (Lipinski definition) is 3. The molecule has 2 rings (SSSR count). The number of rotatable bonds is 4. The molecule has 1 fully saturated rings. The third kappa shape index (κ3) is 1.98. The first-order valence-corrected chi connectivity index (χ1v) is 4.21. The minimum Gasteiger partial charge on any atom is -0.382 e. The Hall–Kier alpha value is -1.03. The van der Waals surface area contributed by atoms with Gasteiger partial charge in [0.05, 0.1) is 6.61 Å². The molecule has 66 valence electrons. The summed E-state index contributed by atoms with van der Waals surface area (Å²) in [4.78, 5) is 0. The van der Waals surface area contributed by atoms with Crippen molar-refractivity contribution in [2.45, 2.75) is 19.6 Å². The van der Waals surface area contributed by atoms with E-state index in [0.717, 1.165) is 12.5 Å². The molecule has 4 nitrogen and oxygen atoms in total. The van der Waals surface area contributed by atoms with Gasteiger partial charge in [-0.25, -0.2) is 4.68 Å². The molecule has 1 saturated carbocycles. The zero-order valence-corrected chi connectivity index (χ0v) is 6.94. The first-order chi connectivity index (χ1) is 5.84. The quantitative estimate of drug-likeness (QED) is 0.723. The van der Waals surface area contributed by atoms with Gasteiger partial charge in [-0.1, -0.05) is 0 Å². The number of ether oxygens (including phenoxy) is 1. The van der Waals surface area contributed by atoms with Crippen molar-refractivity contribution >= 4 is 5.82 Å². The topological polar surface area (TPSA) is 53.1 Å². The van der Waals surface area contributed by atoms with Gasteiger partial charge in [0.1, 0.15) is 12.5 Å². The molecule has 1 aromatic rings. The van der Waals surface area contributed by atoms with Gasteiger partial charge in [0.15, 0.2) is 0 Å². The Morgan fingerprint density at radius 3 is 3.08 bits per heavy atom. The summed E-state index contributed by atoms with van der Waals surface area (Å²) in [5.41, 5.74) is 5.43. The van der Waals surface area contributed by atoms with Gasteiger partial charge in [0, 0.05) is 12.3 Å². The van der Waals surface area contributed by atoms with E-state index in [9.17, 15) is 0 Å². The molecule has 1 aliphatic carbocycles. The van der Waals surface area contributed by atoms with Crippen LogP contribution in [-0.2, 0) is 11.5 Å². The van der Waals surface area contributed by atoms with Gasteiger partial charge in [-0.3, -0.25) is 0 Å². The van der Waals surface area contributed by atoms with Crippen molar-refractivity contribution in [3.05, 3.63) is 12.3 Å². The second kappa shape index (κ2) is 3.15. The Kier molecular flexibility index (Phi) is 1.99. The van der Waals surface area contributed by atoms with E-state index in [1.807, 2.05) is 6.20 Å². The van der Waals surface area contributed by atoms with E-state index >= 15 is 0 Å². The molecular weight excluding hydrogens is 154 g/mol. The van der Waals surface area contributed by atoms with E-state index in [1.54, 1.807) is 10.7 Å². The maximum absolute atomic E-state index is 5.43. The molecular formula is C8H13N3O. The number of hydrogen-bond donors (Lipinski definition) is 1. The molecule has 0 saturated heterocycles. The Balaban J connectivity index is 1.71. The zero-order chi connectivity index (χ0) is 8.39. The van der Waals surface area contributed by atoms with Gasteiger partial charge in [-0.2, -0.15) is 5.10 Å². The third-order valence-electron chi connectivity index (χ3n) is 1.94. The van der Waals surface area contributed by atoms with E-state index < -0.39 is 0 Å². The van der Waals surface area contributed by atoms with Crippen LogP contribution in [0.2, 0.25) is 0 Å². The van der Waals surface area contributed by atoms with Gasteiger partial charge in [-0.05, 0) is 18.8 Å². The van der Waals surface area contributed by atoms with Crippen molar-refractivity contribution in [3.63, 3.8) is 0 Å². The highest BCUT2D eigenvalue weighted by Gasteiger charge is 2.20. The lowest BCUT2D eigenvalue weighted by Crippen LogP contribution is -2.05. The lowest BCUT2D eigenvalue weighted by Gasteiger charge is -2.01. The highest BCUT2D eigenvalue weighted by atomic mass is 16.5. The lowest BCUT2D eigenvalue weighted by molar-refractivity contribution is 0.0614. The second-order valence-corrected chi connectivity index (χ2v) is 3.22. The minimum atomic E-state index is 0.522. The van der Waals surface area contributed by atoms with Gasteiger partial charge in [0.2, 0.25) is 0 Å². The fourth-order valence-corrected chi connectivity index (χ4v) is 1.05. The molecule has 0 atom stereocenters. The molecule has 1 aromatic heterocycles. The number of anilines is 1. The fraction of sp³-hybridized carbons (Fsp3) is 0.625. The van der Waals surface area contributed by atoms with Crippen LogP contribution in [0.4, 0.5) is 5.82 Å². The molecule has 4 heteroatoms. The van der Waals surface area contributed by atoms with E-state index in [4.69, 9.17) is 10.5 Å². The first-order valence-electron chi connectivity index (χ1n) is 4.21. The first kappa shape index (κ1) is 7.61. The van der Waals surface area contributed by atoms with Crippen LogP contribution in [0.25, 0.3) is 0 Å². The number of nitrogens with zero attached hydrogens (tertiary/aromatic N) is 2. The van der Waals surface area contributed by atoms with Gasteiger partial charge in [-0.15, -0.1) is 0 Å². The highest BCUT2D eigenvalue weighted by Crippen LogP contribution is 2.28. The summed E-state index contributed by atoms with van der Waals surface area (Å²) in [6.45, 7) is 1.38. The summed E-state index contributed by atoms with van der Waals surface area (Å²) in [6, 6.07) is 1.76. The molecule has 0 aromatic carbocycles. The van der Waals surface area contributed by atoms with Crippen molar-refractivity contribution in [3.8, 4) is 0 Å². The standard InChI is InChI=1S/C8H13N3O/c9-8-3-4-11(10-8)6-12-5-7-1-2-7/h3-4,7H,1-2,5-6H2,(H2,9,10). The Bertz CT molecular complexity index is 255. The molecule has 0 aliphatic heterocycles. The monoisotopic (exact) mass is 167 g/mol. The minimum absolute atomic E-state index is 0.522. The second-order valence-electron chi connectivity index (χ2n) is 3.22. The maximum atomic E-state index is 5.43. The number of aromatic nitrogens is 2. The Morgan fingerprint density at radius 2 is 2.50 bits per heavy atom. The molecule has 0 bridgehead atoms. The average molecular weight is 167 g/mol. The van der Waals surface area contributed by atoms with Crippen molar-refractivity contribution in [2.24, 2.45) is 5.92 Å². The van der Waals surface area contributed by atoms with Crippen LogP contribution in [0.15, 0.2) is 12.3 Å². The predicted octanol–water partition coefficient (Wildman–Crippen LogP) is 0.849. The number of nitrogen functional groups attached to an aromatic ring is 1. The predicted molar refractivity (Wildman–Crippen MR) is 45.3 cm³/mol. The van der Waals surface area contributed by atoms with Crippen LogP contribution in [0.5, 0.6) is 0 Å². The summed E-state index contributed by atoms with van der Waals surface area (Å²) < 4.78 is 7.11. The molecule has 2 N–H and O–H groups in total. The molecule has 0 unspecified atom stereocenters. The van der Waals surface area contributed by atoms with E-state index in [1.165, 1.54) is 12.8 Å². The molecule has 1 aliphatic rings. The largest absolute Gasteiger partial charge is 0.382 e. The van der Waals surface area contributed by atoms with Gasteiger partial charge < -0.3 is 10.5 Å². The van der Waals surface area contributed by atoms with Crippen molar-refractivity contribution in [1.82, 2.24) is 9.78 Å². The van der Waals surface area contributed by atoms with Crippen LogP contribution < -0.4 is 5.73 Å². The lowest BCUT2D eigenvalue weighted by atomic mass is 10.5.